The van der Waals surface area contributed by atoms with Gasteiger partial charge in [0.05, 0.1) is 6.42 Å². The molecule has 1 aromatic rings. The fraction of sp³-hybridized carbons (Fsp3) is 0.692. The van der Waals surface area contributed by atoms with Crippen molar-refractivity contribution in [3.63, 3.8) is 0 Å². The Morgan fingerprint density at radius 2 is 1.95 bits per heavy atom. The first-order valence-corrected chi connectivity index (χ1v) is 6.11. The van der Waals surface area contributed by atoms with Gasteiger partial charge in [-0.15, -0.1) is 0 Å². The number of hydrogen-bond acceptors (Lipinski definition) is 3. The molecule has 1 heterocycles. The van der Waals surface area contributed by atoms with Crippen molar-refractivity contribution < 1.29 is 22.7 Å². The third kappa shape index (κ3) is 4.87. The van der Waals surface area contributed by atoms with Crippen molar-refractivity contribution in [3.8, 4) is 0 Å². The van der Waals surface area contributed by atoms with Gasteiger partial charge in [0.2, 0.25) is 0 Å². The van der Waals surface area contributed by atoms with E-state index in [9.17, 15) is 18.3 Å². The maximum absolute atomic E-state index is 12.2. The van der Waals surface area contributed by atoms with Crippen LogP contribution in [0, 0.1) is 13.8 Å². The van der Waals surface area contributed by atoms with Gasteiger partial charge in [0, 0.05) is 18.2 Å². The van der Waals surface area contributed by atoms with Gasteiger partial charge in [-0.25, -0.2) is 0 Å². The first-order valence-electron chi connectivity index (χ1n) is 6.11. The van der Waals surface area contributed by atoms with Crippen molar-refractivity contribution in [2.45, 2.75) is 51.9 Å². The standard InChI is InChI=1S/C13H20F3NO2/c1-8(6-13(14,15)16)17-7-12(4,18)11-5-9(2)19-10(11)3/h5,8,17-18H,6-7H2,1-4H3. The second-order valence-corrected chi connectivity index (χ2v) is 5.20. The molecule has 2 atom stereocenters. The number of furan rings is 1. The molecule has 19 heavy (non-hydrogen) atoms. The lowest BCUT2D eigenvalue weighted by Crippen LogP contribution is -2.41. The summed E-state index contributed by atoms with van der Waals surface area (Å²) in [4.78, 5) is 0. The second-order valence-electron chi connectivity index (χ2n) is 5.20. The van der Waals surface area contributed by atoms with E-state index in [2.05, 4.69) is 5.32 Å². The molecule has 110 valence electrons. The van der Waals surface area contributed by atoms with Crippen LogP contribution in [-0.2, 0) is 5.60 Å². The molecular weight excluding hydrogens is 259 g/mol. The summed E-state index contributed by atoms with van der Waals surface area (Å²) in [6, 6.07) is 0.950. The van der Waals surface area contributed by atoms with E-state index in [0.29, 0.717) is 17.1 Å². The molecule has 0 aliphatic heterocycles. The van der Waals surface area contributed by atoms with E-state index in [1.807, 2.05) is 0 Å². The molecule has 0 spiro atoms. The summed E-state index contributed by atoms with van der Waals surface area (Å²) < 4.78 is 41.9. The number of aliphatic hydroxyl groups is 1. The van der Waals surface area contributed by atoms with E-state index >= 15 is 0 Å². The van der Waals surface area contributed by atoms with Gasteiger partial charge in [-0.05, 0) is 33.8 Å². The van der Waals surface area contributed by atoms with Crippen molar-refractivity contribution in [2.24, 2.45) is 0 Å². The molecule has 2 unspecified atom stereocenters. The minimum absolute atomic E-state index is 0.0318. The quantitative estimate of drug-likeness (QED) is 0.870. The molecule has 3 nitrogen and oxygen atoms in total. The Labute approximate surface area is 110 Å². The van der Waals surface area contributed by atoms with Crippen LogP contribution in [0.3, 0.4) is 0 Å². The highest BCUT2D eigenvalue weighted by atomic mass is 19.4. The van der Waals surface area contributed by atoms with E-state index in [-0.39, 0.29) is 6.54 Å². The summed E-state index contributed by atoms with van der Waals surface area (Å²) in [5, 5.41) is 13.0. The number of halogens is 3. The van der Waals surface area contributed by atoms with Crippen LogP contribution in [0.2, 0.25) is 0 Å². The molecule has 0 amide bonds. The number of hydrogen-bond donors (Lipinski definition) is 2. The molecule has 0 aliphatic carbocycles. The van der Waals surface area contributed by atoms with Gasteiger partial charge >= 0.3 is 6.18 Å². The summed E-state index contributed by atoms with van der Waals surface area (Å²) in [5.41, 5.74) is -0.668. The lowest BCUT2D eigenvalue weighted by atomic mass is 9.96. The molecule has 1 aromatic heterocycles. The van der Waals surface area contributed by atoms with Crippen LogP contribution in [0.25, 0.3) is 0 Å². The minimum atomic E-state index is -4.21. The summed E-state index contributed by atoms with van der Waals surface area (Å²) in [6.45, 7) is 6.50. The minimum Gasteiger partial charge on any atom is -0.466 e. The maximum atomic E-state index is 12.2. The Hall–Kier alpha value is -1.01. The molecule has 0 aliphatic rings. The molecule has 2 N–H and O–H groups in total. The van der Waals surface area contributed by atoms with Crippen LogP contribution in [0.1, 0.15) is 37.4 Å². The highest BCUT2D eigenvalue weighted by Crippen LogP contribution is 2.27. The monoisotopic (exact) mass is 279 g/mol. The number of aryl methyl sites for hydroxylation is 2. The van der Waals surface area contributed by atoms with Crippen molar-refractivity contribution in [1.82, 2.24) is 5.32 Å². The van der Waals surface area contributed by atoms with Crippen LogP contribution in [0.5, 0.6) is 0 Å². The van der Waals surface area contributed by atoms with E-state index in [1.54, 1.807) is 26.8 Å². The van der Waals surface area contributed by atoms with Crippen molar-refractivity contribution in [1.29, 1.82) is 0 Å². The Morgan fingerprint density at radius 1 is 1.37 bits per heavy atom. The molecule has 0 saturated heterocycles. The van der Waals surface area contributed by atoms with Gasteiger partial charge in [-0.2, -0.15) is 13.2 Å². The van der Waals surface area contributed by atoms with E-state index < -0.39 is 24.2 Å². The second kappa shape index (κ2) is 5.54. The molecule has 0 bridgehead atoms. The highest BCUT2D eigenvalue weighted by molar-refractivity contribution is 5.26. The average molecular weight is 279 g/mol. The van der Waals surface area contributed by atoms with Crippen molar-refractivity contribution >= 4 is 0 Å². The summed E-state index contributed by atoms with van der Waals surface area (Å²) >= 11 is 0. The van der Waals surface area contributed by atoms with Crippen LogP contribution in [-0.4, -0.2) is 23.9 Å². The topological polar surface area (TPSA) is 45.4 Å². The highest BCUT2D eigenvalue weighted by Gasteiger charge is 2.32. The normalized spacial score (nSPS) is 17.3. The number of rotatable bonds is 5. The van der Waals surface area contributed by atoms with Gasteiger partial charge in [-0.1, -0.05) is 0 Å². The van der Waals surface area contributed by atoms with Gasteiger partial charge in [0.1, 0.15) is 17.1 Å². The van der Waals surface area contributed by atoms with Crippen molar-refractivity contribution in [3.05, 3.63) is 23.2 Å². The molecule has 0 fully saturated rings. The lowest BCUT2D eigenvalue weighted by Gasteiger charge is -2.26. The molecular formula is C13H20F3NO2. The third-order valence-corrected chi connectivity index (χ3v) is 2.95. The first kappa shape index (κ1) is 16.0. The zero-order chi connectivity index (χ0) is 14.8. The van der Waals surface area contributed by atoms with Crippen LogP contribution in [0.4, 0.5) is 13.2 Å². The predicted molar refractivity (Wildman–Crippen MR) is 65.9 cm³/mol. The summed E-state index contributed by atoms with van der Waals surface area (Å²) in [6.07, 6.45) is -5.13. The van der Waals surface area contributed by atoms with Gasteiger partial charge in [0.15, 0.2) is 0 Å². The fourth-order valence-electron chi connectivity index (χ4n) is 2.05. The molecule has 0 saturated carbocycles. The molecule has 0 aromatic carbocycles. The predicted octanol–water partition coefficient (Wildman–Crippen LogP) is 3.03. The number of nitrogens with one attached hydrogen (secondary N) is 1. The van der Waals surface area contributed by atoms with Crippen LogP contribution in [0.15, 0.2) is 10.5 Å². The van der Waals surface area contributed by atoms with Crippen LogP contribution >= 0.6 is 0 Å². The fourth-order valence-corrected chi connectivity index (χ4v) is 2.05. The maximum Gasteiger partial charge on any atom is 0.390 e. The van der Waals surface area contributed by atoms with Crippen LogP contribution < -0.4 is 5.32 Å². The lowest BCUT2D eigenvalue weighted by molar-refractivity contribution is -0.139. The Kier molecular flexibility index (Phi) is 4.68. The molecule has 1 rings (SSSR count). The number of alkyl halides is 3. The van der Waals surface area contributed by atoms with Gasteiger partial charge in [0.25, 0.3) is 0 Å². The largest absolute Gasteiger partial charge is 0.466 e. The molecule has 6 heteroatoms. The smallest absolute Gasteiger partial charge is 0.390 e. The molecule has 0 radical (unpaired) electrons. The Balaban J connectivity index is 2.63. The van der Waals surface area contributed by atoms with Gasteiger partial charge in [-0.3, -0.25) is 0 Å². The average Bonchev–Trinajstić information content (AvgIpc) is 2.53. The van der Waals surface area contributed by atoms with Crippen molar-refractivity contribution in [2.75, 3.05) is 6.54 Å². The third-order valence-electron chi connectivity index (χ3n) is 2.95. The van der Waals surface area contributed by atoms with Gasteiger partial charge < -0.3 is 14.8 Å². The van der Waals surface area contributed by atoms with E-state index in [1.165, 1.54) is 6.92 Å². The SMILES string of the molecule is Cc1cc(C(C)(O)CNC(C)CC(F)(F)F)c(C)o1. The summed E-state index contributed by atoms with van der Waals surface area (Å²) in [7, 11) is 0. The first-order chi connectivity index (χ1) is 8.51. The zero-order valence-electron chi connectivity index (χ0n) is 11.6. The van der Waals surface area contributed by atoms with E-state index in [0.717, 1.165) is 0 Å². The zero-order valence-corrected chi connectivity index (χ0v) is 11.6. The Bertz CT molecular complexity index is 424. The Morgan fingerprint density at radius 3 is 2.37 bits per heavy atom. The summed E-state index contributed by atoms with van der Waals surface area (Å²) in [5.74, 6) is 1.24. The van der Waals surface area contributed by atoms with E-state index in [4.69, 9.17) is 4.42 Å².